The number of fused-ring (bicyclic) bond motifs is 2. The minimum atomic E-state index is 0.124. The standard InChI is InChI=1S/C29H31NO2/c1-2-3-4-5-13-29(32)30-17-16-23-19-24(18-22-14-15-25(31)20-28(22)23)27-12-8-10-21-9-6-7-11-26(21)27/h6-12,14-15,18-20,31H,2-5,13,16-17H2,1H3,(H,30,32). The number of aromatic hydroxyl groups is 1. The summed E-state index contributed by atoms with van der Waals surface area (Å²) in [6.45, 7) is 2.77. The molecule has 3 heteroatoms. The van der Waals surface area contributed by atoms with Gasteiger partial charge in [-0.3, -0.25) is 4.79 Å². The third-order valence-corrected chi connectivity index (χ3v) is 6.10. The van der Waals surface area contributed by atoms with Gasteiger partial charge in [-0.2, -0.15) is 0 Å². The number of phenols is 1. The molecular formula is C29H31NO2. The summed E-state index contributed by atoms with van der Waals surface area (Å²) in [5, 5.41) is 17.7. The molecule has 4 rings (SSSR count). The van der Waals surface area contributed by atoms with E-state index in [1.807, 2.05) is 12.1 Å². The first kappa shape index (κ1) is 21.9. The normalized spacial score (nSPS) is 11.2. The van der Waals surface area contributed by atoms with Gasteiger partial charge in [-0.15, -0.1) is 0 Å². The first-order chi connectivity index (χ1) is 15.7. The van der Waals surface area contributed by atoms with Crippen molar-refractivity contribution in [2.45, 2.75) is 45.4 Å². The lowest BCUT2D eigenvalue weighted by atomic mass is 9.92. The number of rotatable bonds is 9. The third-order valence-electron chi connectivity index (χ3n) is 6.10. The molecule has 0 saturated carbocycles. The fraction of sp³-hybridized carbons (Fsp3) is 0.276. The molecule has 0 saturated heterocycles. The van der Waals surface area contributed by atoms with Gasteiger partial charge in [-0.1, -0.05) is 80.8 Å². The summed E-state index contributed by atoms with van der Waals surface area (Å²) in [7, 11) is 0. The number of phenolic OH excluding ortho intramolecular Hbond substituents is 1. The summed E-state index contributed by atoms with van der Waals surface area (Å²) in [5.41, 5.74) is 3.48. The van der Waals surface area contributed by atoms with Crippen LogP contribution in [0.25, 0.3) is 32.7 Å². The van der Waals surface area contributed by atoms with Crippen LogP contribution in [0.3, 0.4) is 0 Å². The van der Waals surface area contributed by atoms with E-state index in [0.29, 0.717) is 13.0 Å². The molecule has 4 aromatic carbocycles. The van der Waals surface area contributed by atoms with Gasteiger partial charge in [0.2, 0.25) is 5.91 Å². The number of amides is 1. The predicted octanol–water partition coefficient (Wildman–Crippen LogP) is 6.99. The zero-order valence-electron chi connectivity index (χ0n) is 18.7. The fourth-order valence-electron chi connectivity index (χ4n) is 4.40. The Morgan fingerprint density at radius 3 is 2.56 bits per heavy atom. The Kier molecular flexibility index (Phi) is 7.06. The predicted molar refractivity (Wildman–Crippen MR) is 134 cm³/mol. The number of hydrogen-bond acceptors (Lipinski definition) is 2. The van der Waals surface area contributed by atoms with Crippen LogP contribution >= 0.6 is 0 Å². The molecule has 0 bridgehead atoms. The molecule has 0 spiro atoms. The second kappa shape index (κ2) is 10.3. The molecule has 0 aromatic heterocycles. The van der Waals surface area contributed by atoms with Crippen molar-refractivity contribution in [3.8, 4) is 16.9 Å². The van der Waals surface area contributed by atoms with Crippen LogP contribution in [0, 0.1) is 0 Å². The summed E-state index contributed by atoms with van der Waals surface area (Å²) in [6, 6.07) is 24.7. The smallest absolute Gasteiger partial charge is 0.220 e. The van der Waals surface area contributed by atoms with Crippen molar-refractivity contribution in [2.75, 3.05) is 6.54 Å². The topological polar surface area (TPSA) is 49.3 Å². The molecule has 4 aromatic rings. The van der Waals surface area contributed by atoms with Crippen molar-refractivity contribution in [1.82, 2.24) is 5.32 Å². The summed E-state index contributed by atoms with van der Waals surface area (Å²) in [4.78, 5) is 12.2. The molecule has 0 aliphatic rings. The van der Waals surface area contributed by atoms with Crippen molar-refractivity contribution >= 4 is 27.5 Å². The second-order valence-electron chi connectivity index (χ2n) is 8.48. The van der Waals surface area contributed by atoms with Gasteiger partial charge in [0.15, 0.2) is 0 Å². The zero-order valence-corrected chi connectivity index (χ0v) is 18.7. The number of nitrogens with one attached hydrogen (secondary N) is 1. The van der Waals surface area contributed by atoms with Crippen LogP contribution in [-0.2, 0) is 11.2 Å². The minimum Gasteiger partial charge on any atom is -0.508 e. The molecular weight excluding hydrogens is 394 g/mol. The first-order valence-electron chi connectivity index (χ1n) is 11.7. The number of unbranched alkanes of at least 4 members (excludes halogenated alkanes) is 3. The van der Waals surface area contributed by atoms with Crippen molar-refractivity contribution in [2.24, 2.45) is 0 Å². The number of benzene rings is 4. The lowest BCUT2D eigenvalue weighted by Gasteiger charge is -2.13. The number of carbonyl (C=O) groups is 1. The van der Waals surface area contributed by atoms with Crippen LogP contribution in [0.4, 0.5) is 0 Å². The van der Waals surface area contributed by atoms with Gasteiger partial charge >= 0.3 is 0 Å². The summed E-state index contributed by atoms with van der Waals surface area (Å²) in [5.74, 6) is 0.384. The highest BCUT2D eigenvalue weighted by Gasteiger charge is 2.10. The lowest BCUT2D eigenvalue weighted by Crippen LogP contribution is -2.25. The Morgan fingerprint density at radius 2 is 1.69 bits per heavy atom. The lowest BCUT2D eigenvalue weighted by molar-refractivity contribution is -0.121. The highest BCUT2D eigenvalue weighted by atomic mass is 16.3. The molecule has 0 heterocycles. The SMILES string of the molecule is CCCCCCC(=O)NCCc1cc(-c2cccc3ccccc23)cc2ccc(O)cc12. The van der Waals surface area contributed by atoms with Gasteiger partial charge in [0.05, 0.1) is 0 Å². The first-order valence-corrected chi connectivity index (χ1v) is 11.7. The largest absolute Gasteiger partial charge is 0.508 e. The molecule has 0 aliphatic carbocycles. The summed E-state index contributed by atoms with van der Waals surface area (Å²) in [6.07, 6.45) is 5.74. The molecule has 3 nitrogen and oxygen atoms in total. The van der Waals surface area contributed by atoms with Crippen molar-refractivity contribution in [3.63, 3.8) is 0 Å². The van der Waals surface area contributed by atoms with E-state index in [2.05, 4.69) is 66.8 Å². The average molecular weight is 426 g/mol. The Labute approximate surface area is 190 Å². The van der Waals surface area contributed by atoms with E-state index in [9.17, 15) is 9.90 Å². The summed E-state index contributed by atoms with van der Waals surface area (Å²) >= 11 is 0. The Morgan fingerprint density at radius 1 is 0.844 bits per heavy atom. The van der Waals surface area contributed by atoms with Gasteiger partial charge in [-0.05, 0) is 69.3 Å². The molecule has 1 amide bonds. The monoisotopic (exact) mass is 425 g/mol. The van der Waals surface area contributed by atoms with Crippen molar-refractivity contribution in [1.29, 1.82) is 0 Å². The second-order valence-corrected chi connectivity index (χ2v) is 8.48. The molecule has 0 radical (unpaired) electrons. The van der Waals surface area contributed by atoms with Crippen LogP contribution in [0.2, 0.25) is 0 Å². The van der Waals surface area contributed by atoms with Crippen molar-refractivity contribution < 1.29 is 9.90 Å². The summed E-state index contributed by atoms with van der Waals surface area (Å²) < 4.78 is 0. The maximum atomic E-state index is 12.2. The van der Waals surface area contributed by atoms with E-state index >= 15 is 0 Å². The van der Waals surface area contributed by atoms with Gasteiger partial charge in [-0.25, -0.2) is 0 Å². The molecule has 0 fully saturated rings. The Hall–Kier alpha value is -3.33. The minimum absolute atomic E-state index is 0.124. The van der Waals surface area contributed by atoms with Crippen LogP contribution < -0.4 is 5.32 Å². The quantitative estimate of drug-likeness (QED) is 0.284. The van der Waals surface area contributed by atoms with E-state index in [-0.39, 0.29) is 11.7 Å². The van der Waals surface area contributed by atoms with E-state index in [1.165, 1.54) is 29.2 Å². The molecule has 32 heavy (non-hydrogen) atoms. The maximum Gasteiger partial charge on any atom is 0.220 e. The average Bonchev–Trinajstić information content (AvgIpc) is 2.81. The van der Waals surface area contributed by atoms with Gasteiger partial charge < -0.3 is 10.4 Å². The Balaban J connectivity index is 1.60. The van der Waals surface area contributed by atoms with Gasteiger partial charge in [0.1, 0.15) is 5.75 Å². The fourth-order valence-corrected chi connectivity index (χ4v) is 4.40. The third kappa shape index (κ3) is 5.11. The Bertz CT molecular complexity index is 1220. The van der Waals surface area contributed by atoms with Crippen LogP contribution in [0.1, 0.15) is 44.6 Å². The van der Waals surface area contributed by atoms with Crippen LogP contribution in [-0.4, -0.2) is 17.6 Å². The van der Waals surface area contributed by atoms with Crippen LogP contribution in [0.5, 0.6) is 5.75 Å². The molecule has 0 aliphatic heterocycles. The molecule has 0 atom stereocenters. The molecule has 2 N–H and O–H groups in total. The number of carbonyl (C=O) groups excluding carboxylic acids is 1. The molecule has 0 unspecified atom stereocenters. The highest BCUT2D eigenvalue weighted by Crippen LogP contribution is 2.34. The van der Waals surface area contributed by atoms with Gasteiger partial charge in [0.25, 0.3) is 0 Å². The number of hydrogen-bond donors (Lipinski definition) is 2. The maximum absolute atomic E-state index is 12.2. The van der Waals surface area contributed by atoms with E-state index < -0.39 is 0 Å². The zero-order chi connectivity index (χ0) is 22.3. The van der Waals surface area contributed by atoms with E-state index in [1.54, 1.807) is 6.07 Å². The van der Waals surface area contributed by atoms with Crippen LogP contribution in [0.15, 0.2) is 72.8 Å². The van der Waals surface area contributed by atoms with Crippen molar-refractivity contribution in [3.05, 3.63) is 78.4 Å². The van der Waals surface area contributed by atoms with E-state index in [0.717, 1.165) is 41.2 Å². The van der Waals surface area contributed by atoms with E-state index in [4.69, 9.17) is 0 Å². The highest BCUT2D eigenvalue weighted by molar-refractivity contribution is 6.00. The molecule has 164 valence electrons. The van der Waals surface area contributed by atoms with Gasteiger partial charge in [0, 0.05) is 13.0 Å².